The van der Waals surface area contributed by atoms with Crippen LogP contribution in [-0.4, -0.2) is 40.3 Å². The van der Waals surface area contributed by atoms with Crippen LogP contribution in [0.1, 0.15) is 32.6 Å². The molecule has 6 nitrogen and oxygen atoms in total. The number of nitrogens with one attached hydrogen (secondary N) is 2. The van der Waals surface area contributed by atoms with Crippen molar-refractivity contribution in [1.29, 1.82) is 0 Å². The molecule has 1 fully saturated rings. The second-order valence-electron chi connectivity index (χ2n) is 5.45. The van der Waals surface area contributed by atoms with Gasteiger partial charge in [-0.25, -0.2) is 0 Å². The molecule has 108 valence electrons. The maximum absolute atomic E-state index is 4.65. The van der Waals surface area contributed by atoms with E-state index in [4.69, 9.17) is 0 Å². The predicted molar refractivity (Wildman–Crippen MR) is 81.1 cm³/mol. The van der Waals surface area contributed by atoms with Gasteiger partial charge in [0, 0.05) is 20.1 Å². The van der Waals surface area contributed by atoms with Crippen molar-refractivity contribution in [2.24, 2.45) is 5.92 Å². The number of hydrogen-bond acceptors (Lipinski definition) is 5. The van der Waals surface area contributed by atoms with E-state index in [1.54, 1.807) is 0 Å². The third-order valence-corrected chi connectivity index (χ3v) is 4.24. The molecule has 0 aromatic carbocycles. The Morgan fingerprint density at radius 3 is 3.05 bits per heavy atom. The van der Waals surface area contributed by atoms with E-state index in [0.29, 0.717) is 5.95 Å². The Morgan fingerprint density at radius 1 is 1.35 bits per heavy atom. The highest BCUT2D eigenvalue weighted by Gasteiger charge is 2.20. The highest BCUT2D eigenvalue weighted by atomic mass is 15.3. The molecule has 1 atom stereocenters. The van der Waals surface area contributed by atoms with Crippen LogP contribution in [0.4, 0.5) is 11.8 Å². The first-order valence-corrected chi connectivity index (χ1v) is 7.45. The molecule has 1 saturated heterocycles. The number of fused-ring (bicyclic) bond motifs is 1. The van der Waals surface area contributed by atoms with Crippen molar-refractivity contribution >= 4 is 22.8 Å². The zero-order chi connectivity index (χ0) is 13.9. The molecule has 0 radical (unpaired) electrons. The molecule has 2 aromatic rings. The Hall–Kier alpha value is -1.85. The van der Waals surface area contributed by atoms with Gasteiger partial charge in [-0.2, -0.15) is 15.1 Å². The van der Waals surface area contributed by atoms with E-state index in [0.717, 1.165) is 35.9 Å². The maximum atomic E-state index is 4.65. The minimum absolute atomic E-state index is 0.646. The Balaban J connectivity index is 1.94. The largest absolute Gasteiger partial charge is 0.357 e. The standard InChI is InChI=1S/C14H22N6/c1-3-10-5-4-7-20(8-6-10)13-11-9-16-19-12(11)17-14(15-2)18-13/h9-10H,3-8H2,1-2H3,(H2,15,16,17,18,19). The molecule has 3 rings (SSSR count). The van der Waals surface area contributed by atoms with Crippen LogP contribution < -0.4 is 10.2 Å². The molecule has 0 saturated carbocycles. The van der Waals surface area contributed by atoms with E-state index in [2.05, 4.69) is 37.3 Å². The summed E-state index contributed by atoms with van der Waals surface area (Å²) >= 11 is 0. The second kappa shape index (κ2) is 5.64. The lowest BCUT2D eigenvalue weighted by Crippen LogP contribution is -2.25. The summed E-state index contributed by atoms with van der Waals surface area (Å²) < 4.78 is 0. The lowest BCUT2D eigenvalue weighted by atomic mass is 9.98. The number of anilines is 2. The van der Waals surface area contributed by atoms with Crippen LogP contribution in [0.25, 0.3) is 11.0 Å². The number of aromatic amines is 1. The molecule has 20 heavy (non-hydrogen) atoms. The van der Waals surface area contributed by atoms with Crippen LogP contribution in [0, 0.1) is 5.92 Å². The molecule has 0 spiro atoms. The molecule has 3 heterocycles. The van der Waals surface area contributed by atoms with Crippen LogP contribution in [0.15, 0.2) is 6.20 Å². The summed E-state index contributed by atoms with van der Waals surface area (Å²) in [7, 11) is 1.84. The molecule has 1 aliphatic rings. The van der Waals surface area contributed by atoms with Gasteiger partial charge in [0.1, 0.15) is 5.82 Å². The second-order valence-corrected chi connectivity index (χ2v) is 5.45. The van der Waals surface area contributed by atoms with E-state index >= 15 is 0 Å². The van der Waals surface area contributed by atoms with Crippen molar-refractivity contribution in [3.8, 4) is 0 Å². The molecular formula is C14H22N6. The third kappa shape index (κ3) is 2.42. The van der Waals surface area contributed by atoms with Crippen LogP contribution in [0.5, 0.6) is 0 Å². The van der Waals surface area contributed by atoms with Crippen molar-refractivity contribution in [1.82, 2.24) is 20.2 Å². The number of hydrogen-bond donors (Lipinski definition) is 2. The Morgan fingerprint density at radius 2 is 2.25 bits per heavy atom. The first-order chi connectivity index (χ1) is 9.81. The lowest BCUT2D eigenvalue weighted by molar-refractivity contribution is 0.459. The molecular weight excluding hydrogens is 252 g/mol. The van der Waals surface area contributed by atoms with Crippen molar-refractivity contribution < 1.29 is 0 Å². The fraction of sp³-hybridized carbons (Fsp3) is 0.643. The summed E-state index contributed by atoms with van der Waals surface area (Å²) in [4.78, 5) is 11.4. The SMILES string of the molecule is CCC1CCCN(c2nc(NC)nc3[nH]ncc23)CC1. The average molecular weight is 274 g/mol. The highest BCUT2D eigenvalue weighted by molar-refractivity contribution is 5.87. The molecule has 2 N–H and O–H groups in total. The van der Waals surface area contributed by atoms with Gasteiger partial charge in [-0.05, 0) is 25.2 Å². The van der Waals surface area contributed by atoms with E-state index in [-0.39, 0.29) is 0 Å². The fourth-order valence-corrected chi connectivity index (χ4v) is 2.96. The first kappa shape index (κ1) is 13.1. The smallest absolute Gasteiger partial charge is 0.226 e. The van der Waals surface area contributed by atoms with E-state index in [1.165, 1.54) is 25.7 Å². The van der Waals surface area contributed by atoms with Gasteiger partial charge >= 0.3 is 0 Å². The summed E-state index contributed by atoms with van der Waals surface area (Å²) in [6.07, 6.45) is 6.91. The highest BCUT2D eigenvalue weighted by Crippen LogP contribution is 2.28. The molecule has 0 amide bonds. The first-order valence-electron chi connectivity index (χ1n) is 7.45. The number of aromatic nitrogens is 4. The van der Waals surface area contributed by atoms with Gasteiger partial charge in [0.2, 0.25) is 5.95 Å². The average Bonchev–Trinajstić information content (AvgIpc) is 2.82. The summed E-state index contributed by atoms with van der Waals surface area (Å²) in [5.74, 6) is 2.50. The minimum Gasteiger partial charge on any atom is -0.357 e. The van der Waals surface area contributed by atoms with E-state index in [1.807, 2.05) is 13.2 Å². The van der Waals surface area contributed by atoms with Crippen LogP contribution in [0.3, 0.4) is 0 Å². The number of nitrogens with zero attached hydrogens (tertiary/aromatic N) is 4. The molecule has 6 heteroatoms. The van der Waals surface area contributed by atoms with Gasteiger partial charge < -0.3 is 10.2 Å². The monoisotopic (exact) mass is 274 g/mol. The van der Waals surface area contributed by atoms with Gasteiger partial charge in [0.15, 0.2) is 5.65 Å². The zero-order valence-corrected chi connectivity index (χ0v) is 12.2. The van der Waals surface area contributed by atoms with Gasteiger partial charge in [0.05, 0.1) is 11.6 Å². The number of rotatable bonds is 3. The molecule has 1 unspecified atom stereocenters. The molecule has 2 aromatic heterocycles. The molecule has 0 aliphatic carbocycles. The summed E-state index contributed by atoms with van der Waals surface area (Å²) in [5, 5.41) is 11.1. The van der Waals surface area contributed by atoms with Crippen molar-refractivity contribution in [2.75, 3.05) is 30.4 Å². The quantitative estimate of drug-likeness (QED) is 0.899. The van der Waals surface area contributed by atoms with Crippen molar-refractivity contribution in [3.63, 3.8) is 0 Å². The number of H-pyrrole nitrogens is 1. The van der Waals surface area contributed by atoms with Gasteiger partial charge in [-0.3, -0.25) is 5.10 Å². The van der Waals surface area contributed by atoms with E-state index < -0.39 is 0 Å². The molecule has 0 bridgehead atoms. The minimum atomic E-state index is 0.646. The normalized spacial score (nSPS) is 20.1. The summed E-state index contributed by atoms with van der Waals surface area (Å²) in [5.41, 5.74) is 0.802. The van der Waals surface area contributed by atoms with Crippen molar-refractivity contribution in [3.05, 3.63) is 6.20 Å². The maximum Gasteiger partial charge on any atom is 0.226 e. The van der Waals surface area contributed by atoms with E-state index in [9.17, 15) is 0 Å². The van der Waals surface area contributed by atoms with Crippen LogP contribution in [-0.2, 0) is 0 Å². The van der Waals surface area contributed by atoms with Gasteiger partial charge in [-0.1, -0.05) is 13.3 Å². The Labute approximate surface area is 119 Å². The summed E-state index contributed by atoms with van der Waals surface area (Å²) in [6.45, 7) is 4.42. The Kier molecular flexibility index (Phi) is 3.71. The zero-order valence-electron chi connectivity index (χ0n) is 12.2. The lowest BCUT2D eigenvalue weighted by Gasteiger charge is -2.22. The van der Waals surface area contributed by atoms with Crippen molar-refractivity contribution in [2.45, 2.75) is 32.6 Å². The van der Waals surface area contributed by atoms with Gasteiger partial charge in [0.25, 0.3) is 0 Å². The van der Waals surface area contributed by atoms with Crippen LogP contribution in [0.2, 0.25) is 0 Å². The Bertz CT molecular complexity index is 578. The predicted octanol–water partition coefficient (Wildman–Crippen LogP) is 2.41. The topological polar surface area (TPSA) is 69.7 Å². The molecule has 1 aliphatic heterocycles. The fourth-order valence-electron chi connectivity index (χ4n) is 2.96. The summed E-state index contributed by atoms with van der Waals surface area (Å²) in [6, 6.07) is 0. The van der Waals surface area contributed by atoms with Crippen LogP contribution >= 0.6 is 0 Å². The third-order valence-electron chi connectivity index (χ3n) is 4.24. The van der Waals surface area contributed by atoms with Gasteiger partial charge in [-0.15, -0.1) is 0 Å².